The van der Waals surface area contributed by atoms with Crippen LogP contribution in [-0.4, -0.2) is 11.5 Å². The molecule has 0 radical (unpaired) electrons. The average molecular weight is 310 g/mol. The first-order chi connectivity index (χ1) is 9.55. The number of rotatable bonds is 3. The number of nitrogens with zero attached hydrogens (tertiary/aromatic N) is 2. The van der Waals surface area contributed by atoms with Crippen LogP contribution in [0.2, 0.25) is 10.0 Å². The second-order valence-electron chi connectivity index (χ2n) is 4.02. The molecule has 3 nitrogen and oxygen atoms in total. The van der Waals surface area contributed by atoms with Crippen molar-refractivity contribution < 1.29 is 4.39 Å². The lowest BCUT2D eigenvalue weighted by Gasteiger charge is -2.10. The van der Waals surface area contributed by atoms with Crippen molar-refractivity contribution in [2.24, 2.45) is 0 Å². The van der Waals surface area contributed by atoms with Gasteiger partial charge in [0.2, 0.25) is 0 Å². The Balaban J connectivity index is 2.60. The van der Waals surface area contributed by atoms with Crippen LogP contribution in [0.25, 0.3) is 11.3 Å². The van der Waals surface area contributed by atoms with E-state index in [0.717, 1.165) is 6.07 Å². The van der Waals surface area contributed by atoms with Gasteiger partial charge in [-0.25, -0.2) is 9.37 Å². The number of nitrogens with one attached hydrogen (secondary N) is 1. The quantitative estimate of drug-likeness (QED) is 0.908. The van der Waals surface area contributed by atoms with Crippen molar-refractivity contribution in [2.45, 2.75) is 6.92 Å². The standard InChI is InChI=1S/C14H10Cl2FN3/c1-2-19-14-12(16)6-11(15)13(20-14)9-3-8(7-18)4-10(17)5-9/h3-6H,2H2,1H3,(H,19,20). The number of hydrogen-bond acceptors (Lipinski definition) is 3. The predicted octanol–water partition coefficient (Wildman–Crippen LogP) is 4.50. The molecule has 0 unspecified atom stereocenters. The fourth-order valence-electron chi connectivity index (χ4n) is 1.75. The Labute approximate surface area is 126 Å². The van der Waals surface area contributed by atoms with E-state index in [1.54, 1.807) is 6.07 Å². The van der Waals surface area contributed by atoms with E-state index in [0.29, 0.717) is 33.7 Å². The molecule has 0 aliphatic heterocycles. The van der Waals surface area contributed by atoms with Gasteiger partial charge < -0.3 is 5.32 Å². The number of halogens is 3. The molecule has 0 amide bonds. The van der Waals surface area contributed by atoms with E-state index in [1.807, 2.05) is 13.0 Å². The highest BCUT2D eigenvalue weighted by molar-refractivity contribution is 6.37. The minimum absolute atomic E-state index is 0.206. The van der Waals surface area contributed by atoms with E-state index < -0.39 is 5.82 Å². The van der Waals surface area contributed by atoms with Gasteiger partial charge in [0, 0.05) is 12.1 Å². The van der Waals surface area contributed by atoms with Gasteiger partial charge in [-0.2, -0.15) is 5.26 Å². The van der Waals surface area contributed by atoms with Crippen molar-refractivity contribution in [2.75, 3.05) is 11.9 Å². The van der Waals surface area contributed by atoms with Crippen LogP contribution in [0.3, 0.4) is 0 Å². The molecule has 0 fully saturated rings. The van der Waals surface area contributed by atoms with Crippen molar-refractivity contribution in [3.63, 3.8) is 0 Å². The molecule has 0 saturated carbocycles. The number of pyridine rings is 1. The Morgan fingerprint density at radius 1 is 1.25 bits per heavy atom. The fourth-order valence-corrected chi connectivity index (χ4v) is 2.29. The van der Waals surface area contributed by atoms with Gasteiger partial charge in [0.1, 0.15) is 11.6 Å². The van der Waals surface area contributed by atoms with E-state index in [-0.39, 0.29) is 5.56 Å². The van der Waals surface area contributed by atoms with E-state index >= 15 is 0 Å². The number of nitriles is 1. The summed E-state index contributed by atoms with van der Waals surface area (Å²) >= 11 is 12.1. The monoisotopic (exact) mass is 309 g/mol. The zero-order valence-electron chi connectivity index (χ0n) is 10.5. The topological polar surface area (TPSA) is 48.7 Å². The molecule has 1 N–H and O–H groups in total. The van der Waals surface area contributed by atoms with Crippen molar-refractivity contribution in [3.05, 3.63) is 45.7 Å². The lowest BCUT2D eigenvalue weighted by molar-refractivity contribution is 0.628. The maximum atomic E-state index is 13.5. The molecule has 2 aromatic rings. The van der Waals surface area contributed by atoms with Crippen LogP contribution in [-0.2, 0) is 0 Å². The van der Waals surface area contributed by atoms with Gasteiger partial charge in [0.15, 0.2) is 0 Å². The van der Waals surface area contributed by atoms with Crippen LogP contribution >= 0.6 is 23.2 Å². The highest BCUT2D eigenvalue weighted by Crippen LogP contribution is 2.33. The van der Waals surface area contributed by atoms with Gasteiger partial charge in [-0.3, -0.25) is 0 Å². The van der Waals surface area contributed by atoms with Crippen LogP contribution < -0.4 is 5.32 Å². The first-order valence-electron chi connectivity index (χ1n) is 5.86. The van der Waals surface area contributed by atoms with Gasteiger partial charge in [0.25, 0.3) is 0 Å². The molecule has 0 aliphatic carbocycles. The van der Waals surface area contributed by atoms with E-state index in [1.165, 1.54) is 12.1 Å². The molecule has 2 rings (SSSR count). The molecule has 1 aromatic carbocycles. The Morgan fingerprint density at radius 3 is 2.65 bits per heavy atom. The molecule has 0 bridgehead atoms. The van der Waals surface area contributed by atoms with Gasteiger partial charge >= 0.3 is 0 Å². The molecular formula is C14H10Cl2FN3. The largest absolute Gasteiger partial charge is 0.369 e. The van der Waals surface area contributed by atoms with Gasteiger partial charge in [0.05, 0.1) is 27.4 Å². The molecule has 0 spiro atoms. The zero-order chi connectivity index (χ0) is 14.7. The Bertz CT molecular complexity index is 696. The normalized spacial score (nSPS) is 10.2. The summed E-state index contributed by atoms with van der Waals surface area (Å²) in [5.74, 6) is -0.0480. The van der Waals surface area contributed by atoms with E-state index in [9.17, 15) is 4.39 Å². The third-order valence-corrected chi connectivity index (χ3v) is 3.15. The fraction of sp³-hybridized carbons (Fsp3) is 0.143. The van der Waals surface area contributed by atoms with Crippen molar-refractivity contribution in [1.29, 1.82) is 5.26 Å². The number of benzene rings is 1. The summed E-state index contributed by atoms with van der Waals surface area (Å²) in [5.41, 5.74) is 1.02. The number of anilines is 1. The third kappa shape index (κ3) is 3.01. The van der Waals surface area contributed by atoms with Gasteiger partial charge in [-0.05, 0) is 31.2 Å². The van der Waals surface area contributed by atoms with E-state index in [2.05, 4.69) is 10.3 Å². The van der Waals surface area contributed by atoms with Gasteiger partial charge in [-0.15, -0.1) is 0 Å². The first kappa shape index (κ1) is 14.6. The SMILES string of the molecule is CCNc1nc(-c2cc(F)cc(C#N)c2)c(Cl)cc1Cl. The molecule has 102 valence electrons. The van der Waals surface area contributed by atoms with E-state index in [4.69, 9.17) is 28.5 Å². The second-order valence-corrected chi connectivity index (χ2v) is 4.83. The summed E-state index contributed by atoms with van der Waals surface area (Å²) in [6, 6.07) is 7.39. The van der Waals surface area contributed by atoms with Crippen molar-refractivity contribution in [1.82, 2.24) is 4.98 Å². The van der Waals surface area contributed by atoms with Crippen LogP contribution in [0.15, 0.2) is 24.3 Å². The summed E-state index contributed by atoms with van der Waals surface area (Å²) in [6.07, 6.45) is 0. The summed E-state index contributed by atoms with van der Waals surface area (Å²) in [4.78, 5) is 4.30. The minimum atomic E-state index is -0.517. The molecule has 20 heavy (non-hydrogen) atoms. The number of aromatic nitrogens is 1. The molecule has 0 saturated heterocycles. The summed E-state index contributed by atoms with van der Waals surface area (Å²) < 4.78 is 13.5. The lowest BCUT2D eigenvalue weighted by Crippen LogP contribution is -2.01. The molecule has 0 aliphatic rings. The van der Waals surface area contributed by atoms with Crippen LogP contribution in [0.1, 0.15) is 12.5 Å². The van der Waals surface area contributed by atoms with Crippen LogP contribution in [0.4, 0.5) is 10.2 Å². The maximum Gasteiger partial charge on any atom is 0.145 e. The Kier molecular flexibility index (Phi) is 4.43. The molecule has 0 atom stereocenters. The van der Waals surface area contributed by atoms with Crippen LogP contribution in [0.5, 0.6) is 0 Å². The molecule has 1 aromatic heterocycles. The van der Waals surface area contributed by atoms with Crippen molar-refractivity contribution >= 4 is 29.0 Å². The molecule has 6 heteroatoms. The Morgan fingerprint density at radius 2 is 2.00 bits per heavy atom. The molecular weight excluding hydrogens is 300 g/mol. The zero-order valence-corrected chi connectivity index (χ0v) is 12.1. The minimum Gasteiger partial charge on any atom is -0.369 e. The lowest BCUT2D eigenvalue weighted by atomic mass is 10.1. The summed E-state index contributed by atoms with van der Waals surface area (Å²) in [6.45, 7) is 2.54. The predicted molar refractivity (Wildman–Crippen MR) is 78.5 cm³/mol. The summed E-state index contributed by atoms with van der Waals surface area (Å²) in [5, 5.41) is 12.6. The van der Waals surface area contributed by atoms with Crippen LogP contribution in [0, 0.1) is 17.1 Å². The first-order valence-corrected chi connectivity index (χ1v) is 6.61. The number of hydrogen-bond donors (Lipinski definition) is 1. The van der Waals surface area contributed by atoms with Gasteiger partial charge in [-0.1, -0.05) is 23.2 Å². The Hall–Kier alpha value is -1.83. The average Bonchev–Trinajstić information content (AvgIpc) is 2.41. The molecule has 1 heterocycles. The third-order valence-electron chi connectivity index (χ3n) is 2.57. The maximum absolute atomic E-state index is 13.5. The smallest absolute Gasteiger partial charge is 0.145 e. The highest BCUT2D eigenvalue weighted by Gasteiger charge is 2.12. The summed E-state index contributed by atoms with van der Waals surface area (Å²) in [7, 11) is 0. The highest BCUT2D eigenvalue weighted by atomic mass is 35.5. The second kappa shape index (κ2) is 6.08. The van der Waals surface area contributed by atoms with Crippen molar-refractivity contribution in [3.8, 4) is 17.3 Å².